The minimum absolute atomic E-state index is 0.129. The highest BCUT2D eigenvalue weighted by atomic mass is 32.2. The first kappa shape index (κ1) is 19.4. The van der Waals surface area contributed by atoms with Gasteiger partial charge in [0.25, 0.3) is 10.0 Å². The van der Waals surface area contributed by atoms with E-state index in [4.69, 9.17) is 0 Å². The summed E-state index contributed by atoms with van der Waals surface area (Å²) in [4.78, 5) is 11.5. The van der Waals surface area contributed by atoms with Crippen LogP contribution in [0.4, 0.5) is 0 Å². The standard InChI is InChI=1S/C21H18N2O4S/c1-3-16(21(24)25)11-17-13-23(20-9-6-15(12-22)10-19(17)20)28(26,27)18-7-4-14(2)5-8-18/h4-11,13H,3H2,1-2H3,(H,24,25)/b16-11+. The summed E-state index contributed by atoms with van der Waals surface area (Å²) >= 11 is 0. The summed E-state index contributed by atoms with van der Waals surface area (Å²) in [6.45, 7) is 3.58. The first-order valence-corrected chi connectivity index (χ1v) is 10.0. The van der Waals surface area contributed by atoms with Gasteiger partial charge in [0.05, 0.1) is 22.0 Å². The van der Waals surface area contributed by atoms with Crippen molar-refractivity contribution in [3.05, 3.63) is 70.9 Å². The second-order valence-electron chi connectivity index (χ2n) is 6.37. The molecule has 7 heteroatoms. The third kappa shape index (κ3) is 3.42. The van der Waals surface area contributed by atoms with E-state index in [1.165, 1.54) is 30.5 Å². The molecular weight excluding hydrogens is 376 g/mol. The maximum atomic E-state index is 13.2. The van der Waals surface area contributed by atoms with Crippen molar-refractivity contribution in [3.8, 4) is 6.07 Å². The van der Waals surface area contributed by atoms with Crippen LogP contribution in [0.15, 0.2) is 59.1 Å². The van der Waals surface area contributed by atoms with Gasteiger partial charge in [-0.1, -0.05) is 24.6 Å². The number of hydrogen-bond donors (Lipinski definition) is 1. The molecule has 0 atom stereocenters. The van der Waals surface area contributed by atoms with Crippen LogP contribution in [0.2, 0.25) is 0 Å². The number of aliphatic carboxylic acids is 1. The molecule has 0 unspecified atom stereocenters. The molecule has 0 amide bonds. The van der Waals surface area contributed by atoms with Crippen molar-refractivity contribution >= 4 is 33.0 Å². The van der Waals surface area contributed by atoms with E-state index < -0.39 is 16.0 Å². The Hall–Kier alpha value is -3.37. The van der Waals surface area contributed by atoms with Crippen molar-refractivity contribution in [1.82, 2.24) is 3.97 Å². The summed E-state index contributed by atoms with van der Waals surface area (Å²) in [6.07, 6.45) is 3.14. The van der Waals surface area contributed by atoms with E-state index in [0.717, 1.165) is 9.54 Å². The molecule has 0 saturated carbocycles. The van der Waals surface area contributed by atoms with Gasteiger partial charge in [-0.25, -0.2) is 17.2 Å². The molecular formula is C21H18N2O4S. The Labute approximate surface area is 163 Å². The number of hydrogen-bond acceptors (Lipinski definition) is 4. The largest absolute Gasteiger partial charge is 0.478 e. The van der Waals surface area contributed by atoms with E-state index in [1.54, 1.807) is 31.2 Å². The van der Waals surface area contributed by atoms with Crippen molar-refractivity contribution in [3.63, 3.8) is 0 Å². The van der Waals surface area contributed by atoms with Gasteiger partial charge in [-0.2, -0.15) is 5.26 Å². The van der Waals surface area contributed by atoms with Crippen LogP contribution in [-0.4, -0.2) is 23.5 Å². The summed E-state index contributed by atoms with van der Waals surface area (Å²) < 4.78 is 27.5. The van der Waals surface area contributed by atoms with Crippen molar-refractivity contribution in [1.29, 1.82) is 5.26 Å². The first-order valence-electron chi connectivity index (χ1n) is 8.59. The fraction of sp³-hybridized carbons (Fsp3) is 0.143. The molecule has 1 heterocycles. The van der Waals surface area contributed by atoms with Gasteiger partial charge in [0.2, 0.25) is 0 Å². The zero-order chi connectivity index (χ0) is 20.5. The summed E-state index contributed by atoms with van der Waals surface area (Å²) in [6, 6.07) is 13.2. The molecule has 0 bridgehead atoms. The van der Waals surface area contributed by atoms with E-state index >= 15 is 0 Å². The molecule has 0 spiro atoms. The smallest absolute Gasteiger partial charge is 0.331 e. The molecule has 3 rings (SSSR count). The normalized spacial score (nSPS) is 12.1. The monoisotopic (exact) mass is 394 g/mol. The second-order valence-corrected chi connectivity index (χ2v) is 8.19. The molecule has 1 aromatic heterocycles. The first-order chi connectivity index (χ1) is 13.3. The number of benzene rings is 2. The highest BCUT2D eigenvalue weighted by molar-refractivity contribution is 7.90. The van der Waals surface area contributed by atoms with Gasteiger partial charge in [0.15, 0.2) is 0 Å². The fourth-order valence-corrected chi connectivity index (χ4v) is 4.31. The molecule has 142 valence electrons. The predicted molar refractivity (Wildman–Crippen MR) is 106 cm³/mol. The minimum Gasteiger partial charge on any atom is -0.478 e. The number of nitrogens with zero attached hydrogens (tertiary/aromatic N) is 2. The maximum Gasteiger partial charge on any atom is 0.331 e. The van der Waals surface area contributed by atoms with Crippen LogP contribution in [-0.2, 0) is 14.8 Å². The van der Waals surface area contributed by atoms with Crippen LogP contribution in [0.25, 0.3) is 17.0 Å². The van der Waals surface area contributed by atoms with E-state index in [9.17, 15) is 23.6 Å². The molecule has 28 heavy (non-hydrogen) atoms. The second kappa shape index (κ2) is 7.33. The third-order valence-corrected chi connectivity index (χ3v) is 6.18. The number of aryl methyl sites for hydroxylation is 1. The zero-order valence-electron chi connectivity index (χ0n) is 15.4. The highest BCUT2D eigenvalue weighted by Gasteiger charge is 2.21. The number of aromatic nitrogens is 1. The van der Waals surface area contributed by atoms with Gasteiger partial charge >= 0.3 is 5.97 Å². The van der Waals surface area contributed by atoms with Crippen LogP contribution in [0, 0.1) is 18.3 Å². The van der Waals surface area contributed by atoms with Crippen molar-refractivity contribution in [2.45, 2.75) is 25.2 Å². The number of fused-ring (bicyclic) bond motifs is 1. The minimum atomic E-state index is -3.89. The fourth-order valence-electron chi connectivity index (χ4n) is 2.93. The molecule has 0 radical (unpaired) electrons. The number of carboxylic acid groups (broad SMARTS) is 1. The molecule has 0 saturated heterocycles. The summed E-state index contributed by atoms with van der Waals surface area (Å²) in [7, 11) is -3.89. The Bertz CT molecular complexity index is 1240. The quantitative estimate of drug-likeness (QED) is 0.661. The van der Waals surface area contributed by atoms with Gasteiger partial charge in [-0.3, -0.25) is 0 Å². The van der Waals surface area contributed by atoms with Gasteiger partial charge in [-0.15, -0.1) is 0 Å². The topological polar surface area (TPSA) is 100 Å². The Morgan fingerprint density at radius 2 is 1.89 bits per heavy atom. The lowest BCUT2D eigenvalue weighted by molar-refractivity contribution is -0.132. The number of nitriles is 1. The van der Waals surface area contributed by atoms with Crippen LogP contribution in [0.5, 0.6) is 0 Å². The predicted octanol–water partition coefficient (Wildman–Crippen LogP) is 3.94. The average molecular weight is 394 g/mol. The lowest BCUT2D eigenvalue weighted by Crippen LogP contribution is -2.11. The zero-order valence-corrected chi connectivity index (χ0v) is 16.2. The van der Waals surface area contributed by atoms with Crippen molar-refractivity contribution < 1.29 is 18.3 Å². The van der Waals surface area contributed by atoms with Crippen LogP contribution in [0.3, 0.4) is 0 Å². The van der Waals surface area contributed by atoms with E-state index in [1.807, 2.05) is 13.0 Å². The molecule has 3 aromatic rings. The Balaban J connectivity index is 2.31. The van der Waals surface area contributed by atoms with Gasteiger partial charge in [0.1, 0.15) is 0 Å². The number of rotatable bonds is 5. The van der Waals surface area contributed by atoms with E-state index in [2.05, 4.69) is 0 Å². The molecule has 0 aliphatic rings. The Morgan fingerprint density at radius 1 is 1.21 bits per heavy atom. The summed E-state index contributed by atoms with van der Waals surface area (Å²) in [5, 5.41) is 19.0. The van der Waals surface area contributed by atoms with Crippen LogP contribution >= 0.6 is 0 Å². The van der Waals surface area contributed by atoms with Crippen molar-refractivity contribution in [2.75, 3.05) is 0 Å². The molecule has 6 nitrogen and oxygen atoms in total. The van der Waals surface area contributed by atoms with Gasteiger partial charge in [0, 0.05) is 22.7 Å². The lowest BCUT2D eigenvalue weighted by Gasteiger charge is -2.08. The van der Waals surface area contributed by atoms with Crippen LogP contribution < -0.4 is 0 Å². The summed E-state index contributed by atoms with van der Waals surface area (Å²) in [5.74, 6) is -1.07. The average Bonchev–Trinajstić information content (AvgIpc) is 3.04. The molecule has 0 aliphatic heterocycles. The molecule has 0 fully saturated rings. The highest BCUT2D eigenvalue weighted by Crippen LogP contribution is 2.29. The molecule has 0 aliphatic carbocycles. The van der Waals surface area contributed by atoms with Gasteiger partial charge in [-0.05, 0) is 49.8 Å². The third-order valence-electron chi connectivity index (χ3n) is 4.49. The maximum absolute atomic E-state index is 13.2. The Morgan fingerprint density at radius 3 is 2.46 bits per heavy atom. The van der Waals surface area contributed by atoms with Gasteiger partial charge < -0.3 is 5.11 Å². The molecule has 1 N–H and O–H groups in total. The lowest BCUT2D eigenvalue weighted by atomic mass is 10.1. The molecule has 2 aromatic carbocycles. The summed E-state index contributed by atoms with van der Waals surface area (Å²) in [5.41, 5.74) is 2.26. The van der Waals surface area contributed by atoms with E-state index in [0.29, 0.717) is 22.0 Å². The van der Waals surface area contributed by atoms with E-state index in [-0.39, 0.29) is 16.9 Å². The number of carboxylic acids is 1. The van der Waals surface area contributed by atoms with Crippen molar-refractivity contribution in [2.24, 2.45) is 0 Å². The number of carbonyl (C=O) groups is 1. The van der Waals surface area contributed by atoms with Crippen LogP contribution in [0.1, 0.15) is 30.0 Å². The SMILES string of the molecule is CC/C(=C\c1cn(S(=O)(=O)c2ccc(C)cc2)c2ccc(C#N)cc12)C(=O)O. The Kier molecular flexibility index (Phi) is 5.08.